The van der Waals surface area contributed by atoms with Gasteiger partial charge in [0.2, 0.25) is 0 Å². The number of nitrogens with one attached hydrogen (secondary N) is 2. The van der Waals surface area contributed by atoms with Crippen LogP contribution in [-0.2, 0) is 24.7 Å². The molecule has 0 fully saturated rings. The van der Waals surface area contributed by atoms with Crippen molar-refractivity contribution < 1.29 is 4.79 Å². The van der Waals surface area contributed by atoms with Crippen molar-refractivity contribution in [2.45, 2.75) is 79.6 Å². The van der Waals surface area contributed by atoms with E-state index in [1.165, 1.54) is 16.7 Å². The Balaban J connectivity index is 1.68. The Morgan fingerprint density at radius 1 is 0.914 bits per heavy atom. The molecule has 2 N–H and O–H groups in total. The molecule has 188 valence electrons. The summed E-state index contributed by atoms with van der Waals surface area (Å²) in [5, 5.41) is 16.7. The number of aryl methyl sites for hydroxylation is 2. The summed E-state index contributed by atoms with van der Waals surface area (Å²) in [5.41, 5.74) is 6.17. The van der Waals surface area contributed by atoms with Crippen LogP contribution < -0.4 is 10.6 Å². The van der Waals surface area contributed by atoms with Crippen LogP contribution in [0.3, 0.4) is 0 Å². The Hall–Kier alpha value is -2.73. The zero-order chi connectivity index (χ0) is 25.6. The zero-order valence-electron chi connectivity index (χ0n) is 22.3. The molecule has 2 amide bonds. The molecule has 0 aliphatic carbocycles. The molecule has 0 aliphatic heterocycles. The molecule has 1 heterocycles. The van der Waals surface area contributed by atoms with E-state index >= 15 is 0 Å². The molecule has 0 saturated carbocycles. The number of anilines is 1. The number of carbonyl (C=O) groups is 1. The summed E-state index contributed by atoms with van der Waals surface area (Å²) in [4.78, 5) is 11.8. The molecule has 6 heteroatoms. The first-order valence-corrected chi connectivity index (χ1v) is 13.4. The molecule has 0 saturated heterocycles. The summed E-state index contributed by atoms with van der Waals surface area (Å²) >= 11 is 1.68. The van der Waals surface area contributed by atoms with Crippen LogP contribution in [0.1, 0.15) is 76.6 Å². The fraction of sp³-hybridized carbons (Fsp3) is 0.483. The maximum absolute atomic E-state index is 11.8. The summed E-state index contributed by atoms with van der Waals surface area (Å²) in [5.74, 6) is 0. The lowest BCUT2D eigenvalue weighted by Crippen LogP contribution is -2.29. The van der Waals surface area contributed by atoms with E-state index in [1.807, 2.05) is 19.1 Å². The van der Waals surface area contributed by atoms with Gasteiger partial charge in [0.05, 0.1) is 0 Å². The second-order valence-electron chi connectivity index (χ2n) is 11.5. The monoisotopic (exact) mass is 492 g/mol. The topological polar surface area (TPSA) is 66.9 Å². The molecule has 5 nitrogen and oxygen atoms in total. The van der Waals surface area contributed by atoms with E-state index in [0.717, 1.165) is 46.9 Å². The molecule has 1 aromatic heterocycles. The van der Waals surface area contributed by atoms with Crippen molar-refractivity contribution in [2.24, 2.45) is 5.41 Å². The number of hydrogen-bond donors (Lipinski definition) is 2. The summed E-state index contributed by atoms with van der Waals surface area (Å²) in [6.07, 6.45) is 3.67. The van der Waals surface area contributed by atoms with Crippen molar-refractivity contribution in [3.8, 4) is 10.6 Å². The van der Waals surface area contributed by atoms with Crippen LogP contribution in [0, 0.1) is 5.41 Å². The zero-order valence-corrected chi connectivity index (χ0v) is 23.1. The van der Waals surface area contributed by atoms with E-state index in [1.54, 1.807) is 11.3 Å². The van der Waals surface area contributed by atoms with E-state index in [-0.39, 0.29) is 16.9 Å². The van der Waals surface area contributed by atoms with Crippen LogP contribution in [0.2, 0.25) is 0 Å². The number of urea groups is 1. The lowest BCUT2D eigenvalue weighted by molar-refractivity contribution is 0.252. The number of nitrogens with zero attached hydrogens (tertiary/aromatic N) is 2. The van der Waals surface area contributed by atoms with Crippen molar-refractivity contribution in [3.63, 3.8) is 0 Å². The highest BCUT2D eigenvalue weighted by Gasteiger charge is 2.19. The standard InChI is InChI=1S/C29H40N4OS/c1-8-15-30-27(34)31-24-12-9-20(10-13-24)11-14-25-32-33-26(35-25)22-16-21(19-28(2,3)4)17-23(18-22)29(5,6)7/h9-10,12-13,16-18H,8,11,14-15,19H2,1-7H3,(H2,30,31,34). The third-order valence-corrected chi connectivity index (χ3v) is 6.71. The van der Waals surface area contributed by atoms with Gasteiger partial charge in [-0.3, -0.25) is 0 Å². The highest BCUT2D eigenvalue weighted by Crippen LogP contribution is 2.33. The molecule has 0 bridgehead atoms. The molecule has 0 radical (unpaired) electrons. The quantitative estimate of drug-likeness (QED) is 0.344. The summed E-state index contributed by atoms with van der Waals surface area (Å²) in [6, 6.07) is 14.8. The maximum atomic E-state index is 11.8. The van der Waals surface area contributed by atoms with Gasteiger partial charge in [0.1, 0.15) is 10.0 Å². The smallest absolute Gasteiger partial charge is 0.319 e. The molecule has 35 heavy (non-hydrogen) atoms. The van der Waals surface area contributed by atoms with Crippen molar-refractivity contribution in [3.05, 3.63) is 64.2 Å². The molecule has 0 spiro atoms. The Kier molecular flexibility index (Phi) is 8.70. The SMILES string of the molecule is CCCNC(=O)Nc1ccc(CCc2nnc(-c3cc(CC(C)(C)C)cc(C(C)(C)C)c3)s2)cc1. The van der Waals surface area contributed by atoms with Gasteiger partial charge in [-0.25, -0.2) is 4.79 Å². The van der Waals surface area contributed by atoms with E-state index in [0.29, 0.717) is 6.54 Å². The van der Waals surface area contributed by atoms with Crippen LogP contribution >= 0.6 is 11.3 Å². The molecule has 0 atom stereocenters. The van der Waals surface area contributed by atoms with Gasteiger partial charge in [-0.1, -0.05) is 78.0 Å². The fourth-order valence-electron chi connectivity index (χ4n) is 3.85. The maximum Gasteiger partial charge on any atom is 0.319 e. The second kappa shape index (κ2) is 11.3. The number of benzene rings is 2. The van der Waals surface area contributed by atoms with Gasteiger partial charge in [0, 0.05) is 24.2 Å². The Bertz CT molecular complexity index is 1120. The van der Waals surface area contributed by atoms with Crippen LogP contribution in [0.25, 0.3) is 10.6 Å². The highest BCUT2D eigenvalue weighted by atomic mass is 32.1. The van der Waals surface area contributed by atoms with E-state index < -0.39 is 0 Å². The number of aromatic nitrogens is 2. The highest BCUT2D eigenvalue weighted by molar-refractivity contribution is 7.14. The van der Waals surface area contributed by atoms with Crippen LogP contribution in [-0.4, -0.2) is 22.8 Å². The molecule has 3 rings (SSSR count). The largest absolute Gasteiger partial charge is 0.338 e. The first kappa shape index (κ1) is 26.9. The van der Waals surface area contributed by atoms with Gasteiger partial charge < -0.3 is 10.6 Å². The minimum atomic E-state index is -0.165. The van der Waals surface area contributed by atoms with E-state index in [9.17, 15) is 4.79 Å². The number of carbonyl (C=O) groups excluding carboxylic acids is 1. The van der Waals surface area contributed by atoms with Crippen molar-refractivity contribution in [2.75, 3.05) is 11.9 Å². The lowest BCUT2D eigenvalue weighted by Gasteiger charge is -2.24. The molecule has 3 aromatic rings. The van der Waals surface area contributed by atoms with Crippen molar-refractivity contribution in [1.82, 2.24) is 15.5 Å². The Morgan fingerprint density at radius 3 is 2.26 bits per heavy atom. The molecular formula is C29H40N4OS. The van der Waals surface area contributed by atoms with E-state index in [4.69, 9.17) is 0 Å². The van der Waals surface area contributed by atoms with Crippen LogP contribution in [0.5, 0.6) is 0 Å². The molecule has 0 aliphatic rings. The molecular weight excluding hydrogens is 452 g/mol. The fourth-order valence-corrected chi connectivity index (χ4v) is 4.68. The minimum Gasteiger partial charge on any atom is -0.338 e. The number of amides is 2. The second-order valence-corrected chi connectivity index (χ2v) is 12.5. The Labute approximate surface area is 214 Å². The third-order valence-electron chi connectivity index (χ3n) is 5.68. The van der Waals surface area contributed by atoms with Gasteiger partial charge in [-0.15, -0.1) is 10.2 Å². The van der Waals surface area contributed by atoms with E-state index in [2.05, 4.69) is 92.7 Å². The molecule has 0 unspecified atom stereocenters. The van der Waals surface area contributed by atoms with Gasteiger partial charge in [0.15, 0.2) is 0 Å². The van der Waals surface area contributed by atoms with Gasteiger partial charge in [-0.2, -0.15) is 0 Å². The van der Waals surface area contributed by atoms with Crippen LogP contribution in [0.15, 0.2) is 42.5 Å². The van der Waals surface area contributed by atoms with Gasteiger partial charge in [0.25, 0.3) is 0 Å². The average Bonchev–Trinajstić information content (AvgIpc) is 3.24. The Morgan fingerprint density at radius 2 is 1.63 bits per heavy atom. The van der Waals surface area contributed by atoms with Gasteiger partial charge in [-0.05, 0) is 71.0 Å². The van der Waals surface area contributed by atoms with Gasteiger partial charge >= 0.3 is 6.03 Å². The molecule has 2 aromatic carbocycles. The summed E-state index contributed by atoms with van der Waals surface area (Å²) in [7, 11) is 0. The third kappa shape index (κ3) is 8.46. The summed E-state index contributed by atoms with van der Waals surface area (Å²) < 4.78 is 0. The average molecular weight is 493 g/mol. The first-order valence-electron chi connectivity index (χ1n) is 12.5. The van der Waals surface area contributed by atoms with Crippen molar-refractivity contribution >= 4 is 23.1 Å². The summed E-state index contributed by atoms with van der Waals surface area (Å²) in [6.45, 7) is 16.3. The minimum absolute atomic E-state index is 0.0772. The normalized spacial score (nSPS) is 12.0. The predicted molar refractivity (Wildman–Crippen MR) is 148 cm³/mol. The van der Waals surface area contributed by atoms with Crippen molar-refractivity contribution in [1.29, 1.82) is 0 Å². The van der Waals surface area contributed by atoms with Crippen LogP contribution in [0.4, 0.5) is 10.5 Å². The first-order chi connectivity index (χ1) is 16.4. The lowest BCUT2D eigenvalue weighted by atomic mass is 9.82. The number of hydrogen-bond acceptors (Lipinski definition) is 4. The predicted octanol–water partition coefficient (Wildman–Crippen LogP) is 7.41. The number of rotatable bonds is 8.